The molecule has 0 spiro atoms. The van der Waals surface area contributed by atoms with Crippen LogP contribution in [-0.4, -0.2) is 4.98 Å². The molecule has 0 saturated carbocycles. The van der Waals surface area contributed by atoms with E-state index in [4.69, 9.17) is 5.73 Å². The summed E-state index contributed by atoms with van der Waals surface area (Å²) in [5, 5.41) is 2.16. The van der Waals surface area contributed by atoms with Gasteiger partial charge in [0.25, 0.3) is 0 Å². The molecule has 0 aliphatic rings. The van der Waals surface area contributed by atoms with Crippen LogP contribution in [0, 0.1) is 0 Å². The molecule has 0 aromatic carbocycles. The van der Waals surface area contributed by atoms with Crippen molar-refractivity contribution in [3.8, 4) is 0 Å². The first-order chi connectivity index (χ1) is 2.89. The summed E-state index contributed by atoms with van der Waals surface area (Å²) in [7, 11) is 0. The Hall–Kier alpha value is -0.570. The van der Waals surface area contributed by atoms with Crippen LogP contribution in [0.3, 0.4) is 0 Å². The molecule has 2 nitrogen and oxygen atoms in total. The molecule has 3 heteroatoms. The van der Waals surface area contributed by atoms with Crippen LogP contribution in [-0.2, 0) is 0 Å². The lowest BCUT2D eigenvalue weighted by molar-refractivity contribution is 1.45. The van der Waals surface area contributed by atoms with Gasteiger partial charge in [-0.25, -0.2) is 0 Å². The second-order valence-corrected chi connectivity index (χ2v) is 1.73. The minimum absolute atomic E-state index is 0.384. The smallest absolute Gasteiger partial charge is 0.00862 e. The molecule has 0 fully saturated rings. The molecule has 0 radical (unpaired) electrons. The third-order valence-electron chi connectivity index (χ3n) is 0.432. The molecule has 1 heterocycles. The quantitative estimate of drug-likeness (QED) is 0.488. The molecular formula is C3H3N2S-. The van der Waals surface area contributed by atoms with Crippen LogP contribution < -0.4 is 0 Å². The van der Waals surface area contributed by atoms with E-state index in [9.17, 15) is 0 Å². The normalized spacial score (nSPS) is 8.67. The fourth-order valence-corrected chi connectivity index (χ4v) is 0.596. The van der Waals surface area contributed by atoms with E-state index in [1.54, 1.807) is 11.6 Å². The Morgan fingerprint density at radius 2 is 2.67 bits per heavy atom. The molecule has 0 unspecified atom stereocenters. The third-order valence-corrected chi connectivity index (χ3v) is 1.02. The lowest BCUT2D eigenvalue weighted by atomic mass is 11.0. The van der Waals surface area contributed by atoms with Gasteiger partial charge in [0, 0.05) is 0 Å². The largest absolute Gasteiger partial charge is 0.473 e. The Morgan fingerprint density at radius 1 is 1.83 bits per heavy atom. The number of hydrogen-bond acceptors (Lipinski definition) is 2. The summed E-state index contributed by atoms with van der Waals surface area (Å²) in [5.74, 6) is 0. The van der Waals surface area contributed by atoms with Gasteiger partial charge < -0.3 is 10.7 Å². The van der Waals surface area contributed by atoms with E-state index in [1.165, 1.54) is 11.3 Å². The van der Waals surface area contributed by atoms with E-state index in [1.807, 2.05) is 0 Å². The van der Waals surface area contributed by atoms with Gasteiger partial charge in [-0.2, -0.15) is 11.3 Å². The number of aromatic nitrogens is 1. The first-order valence-corrected chi connectivity index (χ1v) is 2.38. The van der Waals surface area contributed by atoms with E-state index in [0.29, 0.717) is 5.13 Å². The fourth-order valence-electron chi connectivity index (χ4n) is 0.223. The van der Waals surface area contributed by atoms with Crippen molar-refractivity contribution in [2.45, 2.75) is 0 Å². The molecular weight excluding hydrogens is 96.1 g/mol. The van der Waals surface area contributed by atoms with Crippen molar-refractivity contribution in [3.05, 3.63) is 17.3 Å². The highest BCUT2D eigenvalue weighted by Gasteiger charge is 1.64. The molecule has 0 aliphatic carbocycles. The number of thiazole rings is 1. The number of hydrogen-bond donors (Lipinski definition) is 0. The standard InChI is InChI=1S/C3H3N2S/c4-3-5-1-2-6-3/h1-2H,(H-,4,5)/q-1. The second-order valence-electron chi connectivity index (χ2n) is 0.837. The highest BCUT2D eigenvalue weighted by atomic mass is 32.1. The third kappa shape index (κ3) is 0.490. The van der Waals surface area contributed by atoms with Gasteiger partial charge >= 0.3 is 0 Å². The summed E-state index contributed by atoms with van der Waals surface area (Å²) in [4.78, 5) is 3.60. The van der Waals surface area contributed by atoms with Crippen LogP contribution in [0.15, 0.2) is 11.6 Å². The monoisotopic (exact) mass is 99.0 g/mol. The Kier molecular flexibility index (Phi) is 0.759. The van der Waals surface area contributed by atoms with Gasteiger partial charge in [-0.1, -0.05) is 6.20 Å². The van der Waals surface area contributed by atoms with Crippen LogP contribution >= 0.6 is 11.3 Å². The molecule has 32 valence electrons. The highest BCUT2D eigenvalue weighted by Crippen LogP contribution is 2.10. The molecule has 0 amide bonds. The summed E-state index contributed by atoms with van der Waals surface area (Å²) in [6.07, 6.45) is 1.62. The molecule has 1 aromatic rings. The number of rotatable bonds is 0. The van der Waals surface area contributed by atoms with Crippen molar-refractivity contribution in [1.29, 1.82) is 0 Å². The average Bonchev–Trinajstić information content (AvgIpc) is 1.86. The summed E-state index contributed by atoms with van der Waals surface area (Å²) in [5.41, 5.74) is 6.78. The van der Waals surface area contributed by atoms with Gasteiger partial charge in [0.05, 0.1) is 0 Å². The molecule has 1 aromatic heterocycles. The van der Waals surface area contributed by atoms with Crippen LogP contribution in [0.5, 0.6) is 0 Å². The zero-order valence-electron chi connectivity index (χ0n) is 3.01. The van der Waals surface area contributed by atoms with Crippen molar-refractivity contribution < 1.29 is 0 Å². The Morgan fingerprint density at radius 3 is 2.83 bits per heavy atom. The van der Waals surface area contributed by atoms with Crippen LogP contribution in [0.2, 0.25) is 0 Å². The van der Waals surface area contributed by atoms with Crippen molar-refractivity contribution in [1.82, 2.24) is 4.98 Å². The van der Waals surface area contributed by atoms with Gasteiger partial charge in [-0.15, -0.1) is 0 Å². The molecule has 0 saturated heterocycles. The Balaban J connectivity index is 3.05. The summed E-state index contributed by atoms with van der Waals surface area (Å²) in [6, 6.07) is 0. The lowest BCUT2D eigenvalue weighted by Gasteiger charge is -1.82. The molecule has 6 heavy (non-hydrogen) atoms. The fraction of sp³-hybridized carbons (Fsp3) is 0. The van der Waals surface area contributed by atoms with Gasteiger partial charge in [0.2, 0.25) is 0 Å². The predicted octanol–water partition coefficient (Wildman–Crippen LogP) is 1.83. The maximum Gasteiger partial charge on any atom is -0.00862 e. The summed E-state index contributed by atoms with van der Waals surface area (Å²) >= 11 is 1.33. The van der Waals surface area contributed by atoms with E-state index in [2.05, 4.69) is 4.98 Å². The maximum absolute atomic E-state index is 6.78. The second kappa shape index (κ2) is 1.26. The molecule has 0 aliphatic heterocycles. The Labute approximate surface area is 39.6 Å². The van der Waals surface area contributed by atoms with Crippen LogP contribution in [0.4, 0.5) is 5.13 Å². The van der Waals surface area contributed by atoms with Gasteiger partial charge in [0.1, 0.15) is 0 Å². The van der Waals surface area contributed by atoms with Crippen molar-refractivity contribution in [2.75, 3.05) is 0 Å². The van der Waals surface area contributed by atoms with E-state index < -0.39 is 0 Å². The van der Waals surface area contributed by atoms with Gasteiger partial charge in [-0.05, 0) is 10.5 Å². The van der Waals surface area contributed by atoms with Crippen molar-refractivity contribution >= 4 is 16.5 Å². The summed E-state index contributed by atoms with van der Waals surface area (Å²) < 4.78 is 0. The topological polar surface area (TPSA) is 36.7 Å². The highest BCUT2D eigenvalue weighted by molar-refractivity contribution is 7.13. The zero-order valence-corrected chi connectivity index (χ0v) is 3.83. The number of nitrogens with one attached hydrogen (secondary N) is 1. The summed E-state index contributed by atoms with van der Waals surface area (Å²) in [6.45, 7) is 0. The minimum Gasteiger partial charge on any atom is -0.473 e. The Bertz CT molecular complexity index is 112. The van der Waals surface area contributed by atoms with Crippen LogP contribution in [0.1, 0.15) is 0 Å². The minimum atomic E-state index is 0.384. The molecule has 0 bridgehead atoms. The van der Waals surface area contributed by atoms with Crippen LogP contribution in [0.25, 0.3) is 5.73 Å². The van der Waals surface area contributed by atoms with Crippen molar-refractivity contribution in [2.24, 2.45) is 0 Å². The molecule has 1 rings (SSSR count). The zero-order chi connectivity index (χ0) is 4.41. The van der Waals surface area contributed by atoms with Gasteiger partial charge in [0.15, 0.2) is 0 Å². The van der Waals surface area contributed by atoms with E-state index >= 15 is 0 Å². The van der Waals surface area contributed by atoms with E-state index in [-0.39, 0.29) is 0 Å². The SMILES string of the molecule is [NH-]c1nccs1. The van der Waals surface area contributed by atoms with Crippen molar-refractivity contribution in [3.63, 3.8) is 0 Å². The van der Waals surface area contributed by atoms with Gasteiger partial charge in [-0.3, -0.25) is 0 Å². The number of nitrogens with zero attached hydrogens (tertiary/aromatic N) is 1. The molecule has 0 atom stereocenters. The first-order valence-electron chi connectivity index (χ1n) is 1.50. The lowest BCUT2D eigenvalue weighted by Crippen LogP contribution is -1.44. The average molecular weight is 99.1 g/mol. The molecule has 1 N–H and O–H groups in total. The van der Waals surface area contributed by atoms with E-state index in [0.717, 1.165) is 0 Å². The predicted molar refractivity (Wildman–Crippen MR) is 26.1 cm³/mol. The first kappa shape index (κ1) is 3.61. The maximum atomic E-state index is 6.78.